The first-order valence-electron chi connectivity index (χ1n) is 10.4. The lowest BCUT2D eigenvalue weighted by Gasteiger charge is -2.33. The van der Waals surface area contributed by atoms with Gasteiger partial charge in [-0.2, -0.15) is 0 Å². The predicted molar refractivity (Wildman–Crippen MR) is 122 cm³/mol. The normalized spacial score (nSPS) is 16.5. The Morgan fingerprint density at radius 2 is 2.10 bits per heavy atom. The molecule has 3 aromatic rings. The topological polar surface area (TPSA) is 80.1 Å². The molecular formula is C23H25N5O2S. The first-order valence-corrected chi connectivity index (χ1v) is 11.2. The first-order chi connectivity index (χ1) is 15.1. The maximum Gasteiger partial charge on any atom is 0.274 e. The molecule has 0 aromatic carbocycles. The fourth-order valence-electron chi connectivity index (χ4n) is 3.78. The second-order valence-corrected chi connectivity index (χ2v) is 8.40. The maximum absolute atomic E-state index is 12.8. The van der Waals surface area contributed by atoms with Crippen molar-refractivity contribution >= 4 is 34.4 Å². The highest BCUT2D eigenvalue weighted by atomic mass is 32.1. The molecule has 0 aliphatic carbocycles. The molecule has 0 saturated carbocycles. The van der Waals surface area contributed by atoms with Gasteiger partial charge in [-0.05, 0) is 55.2 Å². The van der Waals surface area contributed by atoms with Gasteiger partial charge in [0.2, 0.25) is 5.91 Å². The summed E-state index contributed by atoms with van der Waals surface area (Å²) < 4.78 is 1.90. The number of thiazole rings is 1. The van der Waals surface area contributed by atoms with Gasteiger partial charge in [0, 0.05) is 44.0 Å². The standard InChI is InChI=1S/C23H25N5O2S/c1-17(29)28-14-3-2-5-20(28)8-7-19-16-31-23(25-19)26-22(30)21-6-4-13-27(21)15-18-9-11-24-12-10-18/h4,6-13,16,20H,2-3,5,14-15H2,1H3,(H,25,26,30)/b8-7+. The molecule has 2 amide bonds. The van der Waals surface area contributed by atoms with Crippen LogP contribution in [0, 0.1) is 0 Å². The molecule has 7 nitrogen and oxygen atoms in total. The monoisotopic (exact) mass is 435 g/mol. The zero-order valence-corrected chi connectivity index (χ0v) is 18.2. The Morgan fingerprint density at radius 1 is 1.26 bits per heavy atom. The van der Waals surface area contributed by atoms with Crippen molar-refractivity contribution in [2.45, 2.75) is 38.8 Å². The largest absolute Gasteiger partial charge is 0.339 e. The second kappa shape index (κ2) is 9.70. The molecule has 160 valence electrons. The first kappa shape index (κ1) is 21.0. The molecule has 1 N–H and O–H groups in total. The zero-order valence-electron chi connectivity index (χ0n) is 17.4. The van der Waals surface area contributed by atoms with Crippen molar-refractivity contribution in [3.05, 3.63) is 71.3 Å². The summed E-state index contributed by atoms with van der Waals surface area (Å²) in [6, 6.07) is 7.63. The van der Waals surface area contributed by atoms with Crippen LogP contribution in [0.15, 0.2) is 54.3 Å². The van der Waals surface area contributed by atoms with Gasteiger partial charge in [0.15, 0.2) is 5.13 Å². The number of aromatic nitrogens is 3. The number of carbonyl (C=O) groups is 2. The fourth-order valence-corrected chi connectivity index (χ4v) is 4.46. The van der Waals surface area contributed by atoms with Crippen molar-refractivity contribution in [3.8, 4) is 0 Å². The molecule has 1 saturated heterocycles. The van der Waals surface area contributed by atoms with Crippen molar-refractivity contribution in [2.24, 2.45) is 0 Å². The number of likely N-dealkylation sites (tertiary alicyclic amines) is 1. The van der Waals surface area contributed by atoms with Gasteiger partial charge in [-0.25, -0.2) is 4.98 Å². The number of anilines is 1. The van der Waals surface area contributed by atoms with Crippen molar-refractivity contribution in [3.63, 3.8) is 0 Å². The lowest BCUT2D eigenvalue weighted by atomic mass is 10.0. The molecule has 0 radical (unpaired) electrons. The molecule has 31 heavy (non-hydrogen) atoms. The van der Waals surface area contributed by atoms with Crippen LogP contribution in [-0.4, -0.2) is 43.8 Å². The van der Waals surface area contributed by atoms with E-state index in [9.17, 15) is 9.59 Å². The molecular weight excluding hydrogens is 410 g/mol. The lowest BCUT2D eigenvalue weighted by Crippen LogP contribution is -2.41. The summed E-state index contributed by atoms with van der Waals surface area (Å²) in [5.41, 5.74) is 2.43. The molecule has 8 heteroatoms. The summed E-state index contributed by atoms with van der Waals surface area (Å²) in [6.45, 7) is 3.02. The summed E-state index contributed by atoms with van der Waals surface area (Å²) in [5, 5.41) is 5.35. The SMILES string of the molecule is CC(=O)N1CCCCC1/C=C/c1csc(NC(=O)c2cccn2Cc2ccncc2)n1. The number of amides is 2. The van der Waals surface area contributed by atoms with E-state index in [1.165, 1.54) is 11.3 Å². The minimum absolute atomic E-state index is 0.107. The Balaban J connectivity index is 1.40. The van der Waals surface area contributed by atoms with E-state index in [0.29, 0.717) is 17.4 Å². The summed E-state index contributed by atoms with van der Waals surface area (Å²) >= 11 is 1.39. The molecule has 1 aliphatic heterocycles. The molecule has 0 spiro atoms. The van der Waals surface area contributed by atoms with Crippen LogP contribution in [0.2, 0.25) is 0 Å². The number of rotatable bonds is 6. The number of piperidine rings is 1. The number of carbonyl (C=O) groups excluding carboxylic acids is 2. The third kappa shape index (κ3) is 5.27. The Kier molecular flexibility index (Phi) is 6.57. The van der Waals surface area contributed by atoms with Crippen LogP contribution in [0.25, 0.3) is 6.08 Å². The number of nitrogens with zero attached hydrogens (tertiary/aromatic N) is 4. The molecule has 1 fully saturated rings. The predicted octanol–water partition coefficient (Wildman–Crippen LogP) is 4.05. The van der Waals surface area contributed by atoms with Gasteiger partial charge in [0.25, 0.3) is 5.91 Å². The third-order valence-corrected chi connectivity index (χ3v) is 6.13. The van der Waals surface area contributed by atoms with Gasteiger partial charge in [-0.3, -0.25) is 19.9 Å². The fraction of sp³-hybridized carbons (Fsp3) is 0.304. The number of hydrogen-bond acceptors (Lipinski definition) is 5. The van der Waals surface area contributed by atoms with Crippen molar-refractivity contribution < 1.29 is 9.59 Å². The summed E-state index contributed by atoms with van der Waals surface area (Å²) in [5.74, 6) is -0.0886. The van der Waals surface area contributed by atoms with Crippen molar-refractivity contribution in [2.75, 3.05) is 11.9 Å². The summed E-state index contributed by atoms with van der Waals surface area (Å²) in [6.07, 6.45) is 12.5. The van der Waals surface area contributed by atoms with Gasteiger partial charge in [-0.15, -0.1) is 11.3 Å². The van der Waals surface area contributed by atoms with Crippen LogP contribution < -0.4 is 5.32 Å². The second-order valence-electron chi connectivity index (χ2n) is 7.54. The average Bonchev–Trinajstić information content (AvgIpc) is 3.42. The van der Waals surface area contributed by atoms with Crippen molar-refractivity contribution in [1.29, 1.82) is 0 Å². The van der Waals surface area contributed by atoms with E-state index in [-0.39, 0.29) is 17.9 Å². The number of hydrogen-bond donors (Lipinski definition) is 1. The number of pyridine rings is 1. The Bertz CT molecular complexity index is 1070. The van der Waals surface area contributed by atoms with E-state index in [4.69, 9.17) is 0 Å². The zero-order chi connectivity index (χ0) is 21.6. The quantitative estimate of drug-likeness (QED) is 0.633. The van der Waals surface area contributed by atoms with Gasteiger partial charge >= 0.3 is 0 Å². The molecule has 0 bridgehead atoms. The summed E-state index contributed by atoms with van der Waals surface area (Å²) in [7, 11) is 0. The van der Waals surface area contributed by atoms with Gasteiger partial charge < -0.3 is 9.47 Å². The van der Waals surface area contributed by atoms with E-state index in [0.717, 1.165) is 37.1 Å². The Morgan fingerprint density at radius 3 is 2.90 bits per heavy atom. The minimum Gasteiger partial charge on any atom is -0.339 e. The van der Waals surface area contributed by atoms with Crippen LogP contribution >= 0.6 is 11.3 Å². The van der Waals surface area contributed by atoms with Crippen LogP contribution in [-0.2, 0) is 11.3 Å². The molecule has 1 aliphatic rings. The maximum atomic E-state index is 12.8. The summed E-state index contributed by atoms with van der Waals surface area (Å²) in [4.78, 5) is 35.0. The number of nitrogens with one attached hydrogen (secondary N) is 1. The molecule has 3 aromatic heterocycles. The van der Waals surface area contributed by atoms with Crippen LogP contribution in [0.4, 0.5) is 5.13 Å². The molecule has 1 atom stereocenters. The van der Waals surface area contributed by atoms with E-state index >= 15 is 0 Å². The molecule has 1 unspecified atom stereocenters. The highest BCUT2D eigenvalue weighted by Crippen LogP contribution is 2.21. The van der Waals surface area contributed by atoms with E-state index in [2.05, 4.69) is 15.3 Å². The van der Waals surface area contributed by atoms with Crippen LogP contribution in [0.3, 0.4) is 0 Å². The highest BCUT2D eigenvalue weighted by Gasteiger charge is 2.22. The van der Waals surface area contributed by atoms with E-state index in [1.807, 2.05) is 51.4 Å². The van der Waals surface area contributed by atoms with Crippen LogP contribution in [0.1, 0.15) is 47.9 Å². The highest BCUT2D eigenvalue weighted by molar-refractivity contribution is 7.14. The smallest absolute Gasteiger partial charge is 0.274 e. The Hall–Kier alpha value is -3.26. The van der Waals surface area contributed by atoms with Gasteiger partial charge in [-0.1, -0.05) is 6.08 Å². The minimum atomic E-state index is -0.195. The van der Waals surface area contributed by atoms with Crippen molar-refractivity contribution in [1.82, 2.24) is 19.4 Å². The lowest BCUT2D eigenvalue weighted by molar-refractivity contribution is -0.131. The average molecular weight is 436 g/mol. The van der Waals surface area contributed by atoms with E-state index < -0.39 is 0 Å². The third-order valence-electron chi connectivity index (χ3n) is 5.35. The van der Waals surface area contributed by atoms with E-state index in [1.54, 1.807) is 25.4 Å². The molecule has 4 rings (SSSR count). The van der Waals surface area contributed by atoms with Gasteiger partial charge in [0.05, 0.1) is 11.7 Å². The van der Waals surface area contributed by atoms with Crippen LogP contribution in [0.5, 0.6) is 0 Å². The van der Waals surface area contributed by atoms with Gasteiger partial charge in [0.1, 0.15) is 5.69 Å². The Labute approximate surface area is 185 Å². The molecule has 4 heterocycles.